The van der Waals surface area contributed by atoms with Crippen molar-refractivity contribution in [3.8, 4) is 0 Å². The average molecular weight is 400 g/mol. The molecule has 0 spiro atoms. The molecule has 29 heavy (non-hydrogen) atoms. The summed E-state index contributed by atoms with van der Waals surface area (Å²) in [5.74, 6) is 1.50. The van der Waals surface area contributed by atoms with E-state index in [2.05, 4.69) is 23.9 Å². The number of nitrogens with zero attached hydrogens (tertiary/aromatic N) is 3. The quantitative estimate of drug-likeness (QED) is 0.788. The molecular weight excluding hydrogens is 369 g/mol. The second kappa shape index (κ2) is 8.27. The van der Waals surface area contributed by atoms with Gasteiger partial charge in [-0.05, 0) is 64.4 Å². The number of rotatable bonds is 4. The molecule has 1 amide bonds. The molecule has 1 aromatic heterocycles. The first-order chi connectivity index (χ1) is 13.9. The van der Waals surface area contributed by atoms with Gasteiger partial charge in [0.05, 0.1) is 11.6 Å². The maximum Gasteiger partial charge on any atom is 0.225 e. The number of aromatic nitrogens is 1. The van der Waals surface area contributed by atoms with Gasteiger partial charge in [0.1, 0.15) is 11.6 Å². The first kappa shape index (κ1) is 20.1. The number of amides is 1. The third-order valence-corrected chi connectivity index (χ3v) is 6.47. The highest BCUT2D eigenvalue weighted by molar-refractivity contribution is 5.79. The first-order valence-electron chi connectivity index (χ1n) is 10.6. The Labute approximate surface area is 171 Å². The average Bonchev–Trinajstić information content (AvgIpc) is 3.19. The van der Waals surface area contributed by atoms with Gasteiger partial charge in [0, 0.05) is 25.4 Å². The molecule has 156 valence electrons. The van der Waals surface area contributed by atoms with Gasteiger partial charge in [-0.2, -0.15) is 0 Å². The van der Waals surface area contributed by atoms with Crippen LogP contribution < -0.4 is 0 Å². The van der Waals surface area contributed by atoms with Gasteiger partial charge in [-0.1, -0.05) is 18.2 Å². The predicted octanol–water partition coefficient (Wildman–Crippen LogP) is 3.63. The highest BCUT2D eigenvalue weighted by atomic mass is 19.1. The van der Waals surface area contributed by atoms with E-state index in [1.54, 1.807) is 18.3 Å². The molecule has 3 heterocycles. The molecule has 1 atom stereocenters. The molecule has 0 aliphatic carbocycles. The van der Waals surface area contributed by atoms with Gasteiger partial charge in [0.25, 0.3) is 0 Å². The first-order valence-corrected chi connectivity index (χ1v) is 10.6. The summed E-state index contributed by atoms with van der Waals surface area (Å²) in [6.07, 6.45) is 5.84. The zero-order chi connectivity index (χ0) is 20.4. The Morgan fingerprint density at radius 2 is 2.03 bits per heavy atom. The number of hydrogen-bond donors (Lipinski definition) is 0. The number of likely N-dealkylation sites (tertiary alicyclic amines) is 2. The van der Waals surface area contributed by atoms with E-state index >= 15 is 0 Å². The maximum absolute atomic E-state index is 13.9. The molecule has 0 saturated carbocycles. The van der Waals surface area contributed by atoms with E-state index < -0.39 is 0 Å². The molecule has 0 N–H and O–H groups in total. The Balaban J connectivity index is 1.44. The third-order valence-electron chi connectivity index (χ3n) is 6.47. The Bertz CT molecular complexity index is 859. The van der Waals surface area contributed by atoms with Crippen molar-refractivity contribution in [1.29, 1.82) is 0 Å². The third kappa shape index (κ3) is 4.37. The van der Waals surface area contributed by atoms with E-state index in [1.165, 1.54) is 6.07 Å². The van der Waals surface area contributed by atoms with E-state index in [-0.39, 0.29) is 23.1 Å². The zero-order valence-electron chi connectivity index (χ0n) is 17.4. The summed E-state index contributed by atoms with van der Waals surface area (Å²) in [4.78, 5) is 21.9. The zero-order valence-corrected chi connectivity index (χ0v) is 17.4. The standard InChI is InChI=1S/C23H30FN3O2/c1-23(22-25-15-19(29-22)14-18-6-3-4-7-20(18)24)10-5-11-27(16-23)21(28)17-8-12-26(2)13-9-17/h3-4,6-7,15,17H,5,8-14,16H2,1-2H3/t23-/m1/s1. The van der Waals surface area contributed by atoms with Crippen molar-refractivity contribution in [2.24, 2.45) is 5.92 Å². The van der Waals surface area contributed by atoms with Crippen molar-refractivity contribution in [3.05, 3.63) is 53.5 Å². The summed E-state index contributed by atoms with van der Waals surface area (Å²) in [6.45, 7) is 5.54. The second-order valence-corrected chi connectivity index (χ2v) is 8.90. The van der Waals surface area contributed by atoms with Crippen molar-refractivity contribution in [3.63, 3.8) is 0 Å². The molecule has 0 bridgehead atoms. The molecular formula is C23H30FN3O2. The van der Waals surface area contributed by atoms with Crippen LogP contribution in [-0.4, -0.2) is 53.9 Å². The molecule has 4 rings (SSSR count). The lowest BCUT2D eigenvalue weighted by atomic mass is 9.81. The summed E-state index contributed by atoms with van der Waals surface area (Å²) in [6, 6.07) is 6.73. The van der Waals surface area contributed by atoms with E-state index in [0.717, 1.165) is 45.3 Å². The van der Waals surface area contributed by atoms with Gasteiger partial charge >= 0.3 is 0 Å². The number of carbonyl (C=O) groups is 1. The Morgan fingerprint density at radius 3 is 2.79 bits per heavy atom. The number of benzene rings is 1. The van der Waals surface area contributed by atoms with Crippen LogP contribution in [0.2, 0.25) is 0 Å². The van der Waals surface area contributed by atoms with Crippen molar-refractivity contribution >= 4 is 5.91 Å². The lowest BCUT2D eigenvalue weighted by Gasteiger charge is -2.41. The summed E-state index contributed by atoms with van der Waals surface area (Å²) < 4.78 is 20.0. The van der Waals surface area contributed by atoms with E-state index in [1.807, 2.05) is 11.0 Å². The minimum Gasteiger partial charge on any atom is -0.445 e. The molecule has 1 aromatic carbocycles. The van der Waals surface area contributed by atoms with Crippen LogP contribution in [0.1, 0.15) is 49.8 Å². The molecule has 2 saturated heterocycles. The SMILES string of the molecule is CN1CCC(C(=O)N2CCC[C@@](C)(c3ncc(Cc4ccccc4F)o3)C2)CC1. The fourth-order valence-electron chi connectivity index (χ4n) is 4.61. The fraction of sp³-hybridized carbons (Fsp3) is 0.565. The van der Waals surface area contributed by atoms with Crippen LogP contribution in [0, 0.1) is 11.7 Å². The Kier molecular flexibility index (Phi) is 5.72. The molecule has 0 radical (unpaired) electrons. The number of hydrogen-bond acceptors (Lipinski definition) is 4. The Hall–Kier alpha value is -2.21. The Morgan fingerprint density at radius 1 is 1.28 bits per heavy atom. The van der Waals surface area contributed by atoms with Crippen LogP contribution in [-0.2, 0) is 16.6 Å². The van der Waals surface area contributed by atoms with Crippen molar-refractivity contribution in [2.75, 3.05) is 33.2 Å². The molecule has 6 heteroatoms. The van der Waals surface area contributed by atoms with Crippen LogP contribution in [0.15, 0.2) is 34.9 Å². The maximum atomic E-state index is 13.9. The fourth-order valence-corrected chi connectivity index (χ4v) is 4.61. The summed E-state index contributed by atoms with van der Waals surface area (Å²) >= 11 is 0. The summed E-state index contributed by atoms with van der Waals surface area (Å²) in [5, 5.41) is 0. The van der Waals surface area contributed by atoms with Gasteiger partial charge in [-0.15, -0.1) is 0 Å². The molecule has 2 fully saturated rings. The number of halogens is 1. The topological polar surface area (TPSA) is 49.6 Å². The van der Waals surface area contributed by atoms with Gasteiger partial charge < -0.3 is 14.2 Å². The van der Waals surface area contributed by atoms with Crippen LogP contribution in [0.5, 0.6) is 0 Å². The second-order valence-electron chi connectivity index (χ2n) is 8.90. The van der Waals surface area contributed by atoms with Gasteiger partial charge in [0.2, 0.25) is 11.8 Å². The summed E-state index contributed by atoms with van der Waals surface area (Å²) in [5.41, 5.74) is 0.301. The normalized spacial score (nSPS) is 24.0. The van der Waals surface area contributed by atoms with E-state index in [0.29, 0.717) is 30.2 Å². The highest BCUT2D eigenvalue weighted by Crippen LogP contribution is 2.35. The van der Waals surface area contributed by atoms with Gasteiger partial charge in [-0.25, -0.2) is 9.37 Å². The number of carbonyl (C=O) groups excluding carboxylic acids is 1. The predicted molar refractivity (Wildman–Crippen MR) is 109 cm³/mol. The largest absolute Gasteiger partial charge is 0.445 e. The summed E-state index contributed by atoms with van der Waals surface area (Å²) in [7, 11) is 2.11. The van der Waals surface area contributed by atoms with Gasteiger partial charge in [-0.3, -0.25) is 4.79 Å². The van der Waals surface area contributed by atoms with Gasteiger partial charge in [0.15, 0.2) is 0 Å². The highest BCUT2D eigenvalue weighted by Gasteiger charge is 2.40. The monoisotopic (exact) mass is 399 g/mol. The van der Waals surface area contributed by atoms with Crippen molar-refractivity contribution < 1.29 is 13.6 Å². The molecule has 5 nitrogen and oxygen atoms in total. The minimum atomic E-state index is -0.299. The van der Waals surface area contributed by atoms with Crippen LogP contribution >= 0.6 is 0 Å². The van der Waals surface area contributed by atoms with Crippen molar-refractivity contribution in [1.82, 2.24) is 14.8 Å². The molecule has 2 aromatic rings. The van der Waals surface area contributed by atoms with Crippen LogP contribution in [0.3, 0.4) is 0 Å². The lowest BCUT2D eigenvalue weighted by molar-refractivity contribution is -0.139. The van der Waals surface area contributed by atoms with E-state index in [4.69, 9.17) is 4.42 Å². The lowest BCUT2D eigenvalue weighted by Crippen LogP contribution is -2.50. The number of piperidine rings is 2. The minimum absolute atomic E-state index is 0.134. The van der Waals surface area contributed by atoms with Crippen LogP contribution in [0.4, 0.5) is 4.39 Å². The molecule has 2 aliphatic rings. The smallest absolute Gasteiger partial charge is 0.225 e. The van der Waals surface area contributed by atoms with E-state index in [9.17, 15) is 9.18 Å². The number of oxazole rings is 1. The molecule has 0 unspecified atom stereocenters. The van der Waals surface area contributed by atoms with Crippen molar-refractivity contribution in [2.45, 2.75) is 44.4 Å². The molecule has 2 aliphatic heterocycles. The van der Waals surface area contributed by atoms with Crippen LogP contribution in [0.25, 0.3) is 0 Å².